The summed E-state index contributed by atoms with van der Waals surface area (Å²) in [6.45, 7) is 17.0. The molecule has 8 nitrogen and oxygen atoms in total. The van der Waals surface area contributed by atoms with Gasteiger partial charge in [0.2, 0.25) is 6.10 Å². The first-order chi connectivity index (χ1) is 18.8. The second-order valence-electron chi connectivity index (χ2n) is 12.2. The maximum atomic E-state index is 13.7. The Labute approximate surface area is 239 Å². The zero-order chi connectivity index (χ0) is 29.7. The molecule has 0 aliphatic carbocycles. The van der Waals surface area contributed by atoms with Crippen LogP contribution in [0.1, 0.15) is 71.2 Å². The molecule has 1 amide bonds. The summed E-state index contributed by atoms with van der Waals surface area (Å²) in [5, 5.41) is 0. The summed E-state index contributed by atoms with van der Waals surface area (Å²) in [5.74, 6) is -0.782. The lowest BCUT2D eigenvalue weighted by atomic mass is 9.69. The van der Waals surface area contributed by atoms with E-state index < -0.39 is 23.6 Å². The Morgan fingerprint density at radius 3 is 2.42 bits per heavy atom. The molecule has 1 aromatic carbocycles. The van der Waals surface area contributed by atoms with E-state index in [-0.39, 0.29) is 35.7 Å². The van der Waals surface area contributed by atoms with Crippen LogP contribution in [0.4, 0.5) is 0 Å². The van der Waals surface area contributed by atoms with Crippen LogP contribution in [0.5, 0.6) is 0 Å². The predicted octanol–water partition coefficient (Wildman–Crippen LogP) is 5.44. The highest BCUT2D eigenvalue weighted by Crippen LogP contribution is 2.43. The molecule has 0 bridgehead atoms. The van der Waals surface area contributed by atoms with E-state index in [2.05, 4.69) is 32.3 Å². The fourth-order valence-electron chi connectivity index (χ4n) is 5.60. The average molecular weight is 558 g/mol. The molecule has 2 aliphatic rings. The third kappa shape index (κ3) is 7.46. The molecule has 0 spiro atoms. The van der Waals surface area contributed by atoms with Crippen LogP contribution in [-0.4, -0.2) is 75.0 Å². The van der Waals surface area contributed by atoms with Crippen LogP contribution in [0, 0.1) is 17.3 Å². The van der Waals surface area contributed by atoms with Gasteiger partial charge in [0.25, 0.3) is 5.91 Å². The van der Waals surface area contributed by atoms with Crippen molar-refractivity contribution in [2.45, 2.75) is 96.9 Å². The van der Waals surface area contributed by atoms with Gasteiger partial charge in [0.1, 0.15) is 5.60 Å². The number of carbonyl (C=O) groups excluding carboxylic acids is 2. The Morgan fingerprint density at radius 2 is 1.82 bits per heavy atom. The Kier molecular flexibility index (Phi) is 10.9. The summed E-state index contributed by atoms with van der Waals surface area (Å²) in [6, 6.07) is 8.60. The van der Waals surface area contributed by atoms with Crippen LogP contribution >= 0.6 is 0 Å². The first kappa shape index (κ1) is 32.1. The minimum Gasteiger partial charge on any atom is -0.445 e. The molecule has 2 fully saturated rings. The van der Waals surface area contributed by atoms with Crippen molar-refractivity contribution in [2.75, 3.05) is 20.8 Å². The van der Waals surface area contributed by atoms with Gasteiger partial charge in [0.05, 0.1) is 36.6 Å². The third-order valence-corrected chi connectivity index (χ3v) is 8.95. The van der Waals surface area contributed by atoms with Crippen molar-refractivity contribution in [1.82, 2.24) is 0 Å². The van der Waals surface area contributed by atoms with Gasteiger partial charge in [-0.1, -0.05) is 58.0 Å². The number of benzene rings is 1. The molecular weight excluding hydrogens is 510 g/mol. The lowest BCUT2D eigenvalue weighted by molar-refractivity contribution is -0.176. The lowest BCUT2D eigenvalue weighted by Crippen LogP contribution is -2.54. The van der Waals surface area contributed by atoms with Crippen molar-refractivity contribution in [3.8, 4) is 0 Å². The number of methoxy groups -OCH3 is 2. The molecule has 8 atom stereocenters. The van der Waals surface area contributed by atoms with E-state index in [1.54, 1.807) is 51.6 Å². The van der Waals surface area contributed by atoms with Gasteiger partial charge in [-0.25, -0.2) is 9.79 Å². The van der Waals surface area contributed by atoms with Gasteiger partial charge in [0, 0.05) is 39.2 Å². The van der Waals surface area contributed by atoms with Gasteiger partial charge in [-0.15, -0.1) is 0 Å². The molecule has 40 heavy (non-hydrogen) atoms. The summed E-state index contributed by atoms with van der Waals surface area (Å²) in [7, 11) is 3.32. The quantitative estimate of drug-likeness (QED) is 0.215. The fraction of sp³-hybridized carbons (Fsp3) is 0.656. The number of esters is 1. The van der Waals surface area contributed by atoms with E-state index in [4.69, 9.17) is 23.7 Å². The number of nitrogens with zero attached hydrogens (tertiary/aromatic N) is 1. The first-order valence-corrected chi connectivity index (χ1v) is 14.2. The second-order valence-corrected chi connectivity index (χ2v) is 12.2. The summed E-state index contributed by atoms with van der Waals surface area (Å²) in [4.78, 5) is 31.0. The largest absolute Gasteiger partial charge is 0.445 e. The van der Waals surface area contributed by atoms with E-state index in [1.165, 1.54) is 0 Å². The number of ether oxygens (including phenoxy) is 5. The molecule has 8 heteroatoms. The number of aliphatic imine (C=N–C) groups is 1. The van der Waals surface area contributed by atoms with E-state index in [0.29, 0.717) is 37.4 Å². The maximum absolute atomic E-state index is 13.7. The van der Waals surface area contributed by atoms with Crippen LogP contribution in [0.25, 0.3) is 0 Å². The standard InChI is InChI=1S/C32H47NO7/c1-20-17-32(7,40-23(4)22(20)3)28(39-30(35)24-13-11-10-12-14-24)29(34)33-18-25-15-21(2)31(5,6)27(38-25)16-26(37-9)19-36-8/h10-14,18,21-23,25-28H,1,15-17,19H2,2-9H3/b33-18+/t21-,22-,23-,25+,26+,27-,28-,32-/m1/s1. The Morgan fingerprint density at radius 1 is 1.15 bits per heavy atom. The van der Waals surface area contributed by atoms with Gasteiger partial charge in [-0.3, -0.25) is 4.79 Å². The smallest absolute Gasteiger partial charge is 0.339 e. The molecule has 1 aromatic rings. The summed E-state index contributed by atoms with van der Waals surface area (Å²) >= 11 is 0. The molecule has 2 saturated heterocycles. The normalized spacial score (nSPS) is 32.0. The third-order valence-electron chi connectivity index (χ3n) is 8.95. The highest BCUT2D eigenvalue weighted by molar-refractivity contribution is 5.95. The van der Waals surface area contributed by atoms with Gasteiger partial charge < -0.3 is 23.7 Å². The van der Waals surface area contributed by atoms with E-state index in [1.807, 2.05) is 19.9 Å². The summed E-state index contributed by atoms with van der Waals surface area (Å²) < 4.78 is 29.5. The zero-order valence-corrected chi connectivity index (χ0v) is 25.3. The van der Waals surface area contributed by atoms with Crippen LogP contribution in [0.2, 0.25) is 0 Å². The van der Waals surface area contributed by atoms with Crippen molar-refractivity contribution in [1.29, 1.82) is 0 Å². The number of rotatable bonds is 10. The molecule has 2 heterocycles. The minimum atomic E-state index is -1.25. The Bertz CT molecular complexity index is 1050. The Hall–Kier alpha value is -2.39. The number of hydrogen-bond donors (Lipinski definition) is 0. The van der Waals surface area contributed by atoms with Crippen molar-refractivity contribution in [3.63, 3.8) is 0 Å². The minimum absolute atomic E-state index is 0.108. The van der Waals surface area contributed by atoms with Crippen molar-refractivity contribution in [3.05, 3.63) is 48.0 Å². The molecule has 0 N–H and O–H groups in total. The Balaban J connectivity index is 1.84. The molecule has 0 aromatic heterocycles. The maximum Gasteiger partial charge on any atom is 0.339 e. The monoisotopic (exact) mass is 557 g/mol. The zero-order valence-electron chi connectivity index (χ0n) is 25.3. The van der Waals surface area contributed by atoms with Crippen LogP contribution in [-0.2, 0) is 28.5 Å². The highest BCUT2D eigenvalue weighted by atomic mass is 16.6. The van der Waals surface area contributed by atoms with Crippen LogP contribution < -0.4 is 0 Å². The summed E-state index contributed by atoms with van der Waals surface area (Å²) in [5.41, 5.74) is 0.0709. The van der Waals surface area contributed by atoms with Crippen molar-refractivity contribution < 1.29 is 33.3 Å². The van der Waals surface area contributed by atoms with Crippen LogP contribution in [0.15, 0.2) is 47.5 Å². The number of amides is 1. The SMILES string of the molecule is C=C1C[C@](C)([C@H](OC(=O)c2ccccc2)C(=O)/N=C/[C@@H]2C[C@@H](C)C(C)(C)[C@@H](C[C@@H](COC)OC)O2)O[C@H](C)[C@@H]1C. The lowest BCUT2D eigenvalue weighted by Gasteiger charge is -2.47. The number of hydrogen-bond acceptors (Lipinski definition) is 7. The van der Waals surface area contributed by atoms with Gasteiger partial charge in [0.15, 0.2) is 0 Å². The second kappa shape index (κ2) is 13.5. The topological polar surface area (TPSA) is 92.7 Å². The molecule has 222 valence electrons. The first-order valence-electron chi connectivity index (χ1n) is 14.2. The van der Waals surface area contributed by atoms with Crippen LogP contribution in [0.3, 0.4) is 0 Å². The van der Waals surface area contributed by atoms with E-state index in [9.17, 15) is 9.59 Å². The molecular formula is C32H47NO7. The average Bonchev–Trinajstić information content (AvgIpc) is 2.91. The van der Waals surface area contributed by atoms with Gasteiger partial charge in [-0.05, 0) is 43.7 Å². The molecule has 0 radical (unpaired) electrons. The molecule has 2 aliphatic heterocycles. The molecule has 3 rings (SSSR count). The molecule has 0 unspecified atom stereocenters. The highest BCUT2D eigenvalue weighted by Gasteiger charge is 2.49. The van der Waals surface area contributed by atoms with Gasteiger partial charge >= 0.3 is 5.97 Å². The summed E-state index contributed by atoms with van der Waals surface area (Å²) in [6.07, 6.45) is 1.21. The van der Waals surface area contributed by atoms with Gasteiger partial charge in [-0.2, -0.15) is 0 Å². The fourth-order valence-corrected chi connectivity index (χ4v) is 5.60. The van der Waals surface area contributed by atoms with E-state index >= 15 is 0 Å². The van der Waals surface area contributed by atoms with Crippen molar-refractivity contribution in [2.24, 2.45) is 22.2 Å². The predicted molar refractivity (Wildman–Crippen MR) is 155 cm³/mol. The molecule has 0 saturated carbocycles. The van der Waals surface area contributed by atoms with E-state index in [0.717, 1.165) is 5.57 Å². The van der Waals surface area contributed by atoms with Crippen molar-refractivity contribution >= 4 is 18.1 Å². The number of carbonyl (C=O) groups is 2.